The number of hydrogen-bond donors (Lipinski definition) is 0. The van der Waals surface area contributed by atoms with Crippen LogP contribution in [0.2, 0.25) is 0 Å². The van der Waals surface area contributed by atoms with Crippen molar-refractivity contribution >= 4 is 26.5 Å². The van der Waals surface area contributed by atoms with Crippen LogP contribution in [0, 0.1) is 0 Å². The fraction of sp³-hybridized carbons (Fsp3) is 0. The van der Waals surface area contributed by atoms with Gasteiger partial charge in [0, 0.05) is 0 Å². The molecule has 4 nitrogen and oxygen atoms in total. The molecule has 0 aliphatic carbocycles. The summed E-state index contributed by atoms with van der Waals surface area (Å²) < 4.78 is 17.5. The number of carbonyl (C=O) groups excluding carboxylic acids is 1. The molecule has 0 N–H and O–H groups in total. The van der Waals surface area contributed by atoms with Gasteiger partial charge < -0.3 is 0 Å². The van der Waals surface area contributed by atoms with Gasteiger partial charge in [0.25, 0.3) is 0 Å². The monoisotopic (exact) mass is 206 g/mol. The second-order valence-corrected chi connectivity index (χ2v) is 2.74. The molecule has 0 atom stereocenters. The molecule has 1 aliphatic rings. The number of hydrogen-bond acceptors (Lipinski definition) is 4. The Balaban J connectivity index is 2.47. The van der Waals surface area contributed by atoms with Gasteiger partial charge in [-0.05, 0) is 0 Å². The van der Waals surface area contributed by atoms with Gasteiger partial charge in [0.05, 0.1) is 0 Å². The molecule has 0 saturated carbocycles. The summed E-state index contributed by atoms with van der Waals surface area (Å²) >= 11 is -2.87. The molecule has 1 heterocycles. The molecule has 0 radical (unpaired) electrons. The van der Waals surface area contributed by atoms with Gasteiger partial charge >= 0.3 is 40.6 Å². The van der Waals surface area contributed by atoms with Crippen molar-refractivity contribution in [1.29, 1.82) is 0 Å². The third-order valence-corrected chi connectivity index (χ3v) is 1.83. The molecule has 0 bridgehead atoms. The zero-order chi connectivity index (χ0) is 4.57. The van der Waals surface area contributed by atoms with Gasteiger partial charge in [-0.25, -0.2) is 0 Å². The first-order valence-corrected chi connectivity index (χ1v) is 3.97. The Morgan fingerprint density at radius 2 is 2.00 bits per heavy atom. The quantitative estimate of drug-likeness (QED) is 0.502. The summed E-state index contributed by atoms with van der Waals surface area (Å²) in [5, 5.41) is 0. The topological polar surface area (TPSA) is 52.6 Å². The normalized spacial score (nSPS) is 21.0. The average Bonchev–Trinajstić information content (AvgIpc) is 1.33. The van der Waals surface area contributed by atoms with E-state index in [2.05, 4.69) is 6.20 Å². The zero-order valence-corrected chi connectivity index (χ0v) is 4.87. The zero-order valence-electron chi connectivity index (χ0n) is 2.54. The molecule has 5 heteroatoms. The summed E-state index contributed by atoms with van der Waals surface area (Å²) in [7, 11) is 0. The van der Waals surface area contributed by atoms with Crippen LogP contribution in [-0.4, -0.2) is 26.5 Å². The van der Waals surface area contributed by atoms with Crippen LogP contribution >= 0.6 is 0 Å². The van der Waals surface area contributed by atoms with E-state index in [-0.39, 0.29) is 0 Å². The van der Waals surface area contributed by atoms with Crippen molar-refractivity contribution in [3.63, 3.8) is 0 Å². The van der Waals surface area contributed by atoms with Crippen LogP contribution in [0.3, 0.4) is 0 Å². The van der Waals surface area contributed by atoms with E-state index >= 15 is 0 Å². The first-order valence-electron chi connectivity index (χ1n) is 1.11. The second-order valence-electron chi connectivity index (χ2n) is 0.621. The number of carbonyl (C=O) groups is 1. The summed E-state index contributed by atoms with van der Waals surface area (Å²) in [6, 6.07) is 0. The minimum atomic E-state index is -2.87. The molecule has 0 aromatic carbocycles. The molecule has 1 rings (SSSR count). The van der Waals surface area contributed by atoms with Crippen molar-refractivity contribution in [2.24, 2.45) is 0 Å². The van der Waals surface area contributed by atoms with Gasteiger partial charge in [-0.1, -0.05) is 0 Å². The third kappa shape index (κ3) is 0.511. The van der Waals surface area contributed by atoms with Crippen LogP contribution in [0.15, 0.2) is 0 Å². The first-order chi connectivity index (χ1) is 2.79. The van der Waals surface area contributed by atoms with E-state index in [1.54, 1.807) is 0 Å². The van der Waals surface area contributed by atoms with Crippen LogP contribution < -0.4 is 0 Å². The SMILES string of the molecule is O=C1O[Te](=O)O1. The maximum absolute atomic E-state index is 9.70. The Kier molecular flexibility index (Phi) is 0.787. The van der Waals surface area contributed by atoms with E-state index in [1.807, 2.05) is 0 Å². The van der Waals surface area contributed by atoms with Crippen molar-refractivity contribution in [2.75, 3.05) is 0 Å². The van der Waals surface area contributed by atoms with Crippen LogP contribution in [-0.2, 0) is 9.31 Å². The molecule has 1 fully saturated rings. The van der Waals surface area contributed by atoms with E-state index < -0.39 is 26.5 Å². The van der Waals surface area contributed by atoms with Crippen LogP contribution in [0.25, 0.3) is 0 Å². The van der Waals surface area contributed by atoms with Gasteiger partial charge in [-0.3, -0.25) is 0 Å². The van der Waals surface area contributed by atoms with Crippen LogP contribution in [0.5, 0.6) is 0 Å². The van der Waals surface area contributed by atoms with Crippen LogP contribution in [0.4, 0.5) is 4.79 Å². The van der Waals surface area contributed by atoms with Gasteiger partial charge in [0.2, 0.25) is 0 Å². The molecule has 0 aromatic rings. The Bertz CT molecular complexity index is 84.1. The predicted octanol–water partition coefficient (Wildman–Crippen LogP) is -0.431. The Hall–Kier alpha value is -0.140. The Morgan fingerprint density at radius 3 is 2.00 bits per heavy atom. The van der Waals surface area contributed by atoms with E-state index in [0.29, 0.717) is 0 Å². The second kappa shape index (κ2) is 1.17. The minimum absolute atomic E-state index is 0.804. The van der Waals surface area contributed by atoms with E-state index in [1.165, 1.54) is 0 Å². The van der Waals surface area contributed by atoms with Gasteiger partial charge in [0.15, 0.2) is 0 Å². The fourth-order valence-corrected chi connectivity index (χ4v) is 0.787. The summed E-state index contributed by atoms with van der Waals surface area (Å²) in [4.78, 5) is 9.51. The molecule has 0 spiro atoms. The van der Waals surface area contributed by atoms with Crippen LogP contribution in [0.1, 0.15) is 0 Å². The maximum atomic E-state index is 9.70. The van der Waals surface area contributed by atoms with Gasteiger partial charge in [-0.2, -0.15) is 0 Å². The van der Waals surface area contributed by atoms with Gasteiger partial charge in [0.1, 0.15) is 0 Å². The molecular weight excluding hydrogens is 204 g/mol. The van der Waals surface area contributed by atoms with Crippen molar-refractivity contribution in [3.8, 4) is 0 Å². The molecule has 0 aromatic heterocycles. The first kappa shape index (κ1) is 4.03. The summed E-state index contributed by atoms with van der Waals surface area (Å²) in [5.41, 5.74) is 0. The van der Waals surface area contributed by atoms with Crippen molar-refractivity contribution < 1.29 is 14.1 Å². The Morgan fingerprint density at radius 1 is 1.50 bits per heavy atom. The fourth-order valence-electron chi connectivity index (χ4n) is 0.117. The van der Waals surface area contributed by atoms with Crippen molar-refractivity contribution in [3.05, 3.63) is 0 Å². The van der Waals surface area contributed by atoms with Crippen molar-refractivity contribution in [2.45, 2.75) is 0 Å². The average molecular weight is 204 g/mol. The predicted molar refractivity (Wildman–Crippen MR) is 14.0 cm³/mol. The van der Waals surface area contributed by atoms with E-state index in [9.17, 15) is 7.90 Å². The van der Waals surface area contributed by atoms with E-state index in [4.69, 9.17) is 0 Å². The Labute approximate surface area is 41.1 Å². The van der Waals surface area contributed by atoms with E-state index in [0.717, 1.165) is 0 Å². The third-order valence-electron chi connectivity index (χ3n) is 0.272. The summed E-state index contributed by atoms with van der Waals surface area (Å²) in [6.45, 7) is 0. The summed E-state index contributed by atoms with van der Waals surface area (Å²) in [6.07, 6.45) is -0.804. The molecule has 1 aliphatic heterocycles. The molecule has 0 amide bonds. The standard InChI is InChI=1S/CO4Te/c2-1-4-6(3)5-1. The van der Waals surface area contributed by atoms with Gasteiger partial charge in [-0.15, -0.1) is 0 Å². The molecule has 0 unspecified atom stereocenters. The number of rotatable bonds is 0. The van der Waals surface area contributed by atoms with Crippen molar-refractivity contribution in [1.82, 2.24) is 0 Å². The molecule has 6 heavy (non-hydrogen) atoms. The molecular formula is CO4Te. The molecule has 34 valence electrons. The summed E-state index contributed by atoms with van der Waals surface area (Å²) in [5.74, 6) is 0. The molecule has 1 saturated heterocycles.